The van der Waals surface area contributed by atoms with Crippen LogP contribution in [0.5, 0.6) is 23.1 Å². The second kappa shape index (κ2) is 8.13. The molecule has 0 aliphatic heterocycles. The minimum absolute atomic E-state index is 0.350. The predicted octanol–water partition coefficient (Wildman–Crippen LogP) is 4.68. The van der Waals surface area contributed by atoms with Crippen LogP contribution in [-0.2, 0) is 0 Å². The van der Waals surface area contributed by atoms with Crippen LogP contribution in [0.2, 0.25) is 0 Å². The molecule has 7 nitrogen and oxygen atoms in total. The summed E-state index contributed by atoms with van der Waals surface area (Å²) < 4.78 is 17.2. The highest BCUT2D eigenvalue weighted by Crippen LogP contribution is 2.35. The summed E-state index contributed by atoms with van der Waals surface area (Å²) in [4.78, 5) is 8.69. The summed E-state index contributed by atoms with van der Waals surface area (Å²) in [6, 6.07) is 10.9. The van der Waals surface area contributed by atoms with Crippen LogP contribution in [-0.4, -0.2) is 24.2 Å². The van der Waals surface area contributed by atoms with Crippen molar-refractivity contribution in [3.05, 3.63) is 52.6 Å². The Morgan fingerprint density at radius 3 is 2.56 bits per heavy atom. The van der Waals surface area contributed by atoms with Gasteiger partial charge in [-0.1, -0.05) is 12.1 Å². The maximum atomic E-state index is 5.93. The van der Waals surface area contributed by atoms with Gasteiger partial charge in [-0.2, -0.15) is 4.98 Å². The second-order valence-corrected chi connectivity index (χ2v) is 6.49. The Kier molecular flexibility index (Phi) is 5.66. The van der Waals surface area contributed by atoms with Gasteiger partial charge in [-0.05, 0) is 46.6 Å². The molecule has 0 amide bonds. The molecule has 0 radical (unpaired) electrons. The highest BCUT2D eigenvalue weighted by molar-refractivity contribution is 9.10. The van der Waals surface area contributed by atoms with Gasteiger partial charge in [0.1, 0.15) is 0 Å². The summed E-state index contributed by atoms with van der Waals surface area (Å²) in [6.45, 7) is 1.93. The third-order valence-electron chi connectivity index (χ3n) is 3.76. The molecule has 0 aliphatic carbocycles. The van der Waals surface area contributed by atoms with Crippen LogP contribution in [0.4, 0.5) is 17.3 Å². The molecule has 3 aromatic rings. The van der Waals surface area contributed by atoms with Gasteiger partial charge >= 0.3 is 0 Å². The quantitative estimate of drug-likeness (QED) is 0.548. The van der Waals surface area contributed by atoms with E-state index in [2.05, 4.69) is 31.2 Å². The van der Waals surface area contributed by atoms with Crippen molar-refractivity contribution < 1.29 is 14.2 Å². The number of benzene rings is 2. The number of nitrogens with one attached hydrogen (secondary N) is 1. The zero-order valence-electron chi connectivity index (χ0n) is 15.1. The maximum Gasteiger partial charge on any atom is 0.238 e. The van der Waals surface area contributed by atoms with E-state index in [1.807, 2.05) is 31.2 Å². The lowest BCUT2D eigenvalue weighted by molar-refractivity contribution is 0.353. The molecule has 3 rings (SSSR count). The Balaban J connectivity index is 1.88. The molecule has 0 atom stereocenters. The smallest absolute Gasteiger partial charge is 0.238 e. The van der Waals surface area contributed by atoms with Gasteiger partial charge in [-0.15, -0.1) is 0 Å². The minimum Gasteiger partial charge on any atom is -0.493 e. The van der Waals surface area contributed by atoms with E-state index >= 15 is 0 Å². The van der Waals surface area contributed by atoms with Crippen molar-refractivity contribution in [1.29, 1.82) is 0 Å². The molecule has 0 saturated carbocycles. The summed E-state index contributed by atoms with van der Waals surface area (Å²) in [6.07, 6.45) is 1.61. The monoisotopic (exact) mass is 430 g/mol. The van der Waals surface area contributed by atoms with Crippen LogP contribution >= 0.6 is 15.9 Å². The lowest BCUT2D eigenvalue weighted by atomic mass is 10.2. The van der Waals surface area contributed by atoms with Crippen LogP contribution in [0.1, 0.15) is 5.56 Å². The molecule has 27 heavy (non-hydrogen) atoms. The molecule has 0 unspecified atom stereocenters. The number of aromatic nitrogens is 2. The van der Waals surface area contributed by atoms with E-state index in [0.717, 1.165) is 11.3 Å². The number of nitrogens with zero attached hydrogens (tertiary/aromatic N) is 2. The summed E-state index contributed by atoms with van der Waals surface area (Å²) in [5, 5.41) is 3.15. The molecule has 3 N–H and O–H groups in total. The van der Waals surface area contributed by atoms with E-state index < -0.39 is 0 Å². The number of hydrogen-bond acceptors (Lipinski definition) is 7. The largest absolute Gasteiger partial charge is 0.493 e. The highest BCUT2D eigenvalue weighted by atomic mass is 79.9. The molecule has 2 aromatic carbocycles. The standard InChI is InChI=1S/C19H19BrN4O3/c1-11-8-12(9-16(25-2)17(11)26-3)23-19-22-10-13(20)18(24-19)27-15-7-5-4-6-14(15)21/h4-10H,21H2,1-3H3,(H,22,23,24). The third kappa shape index (κ3) is 4.22. The SMILES string of the molecule is COc1cc(Nc2ncc(Br)c(Oc3ccccc3N)n2)cc(C)c1OC. The van der Waals surface area contributed by atoms with Gasteiger partial charge in [0.15, 0.2) is 17.2 Å². The Labute approximate surface area is 165 Å². The van der Waals surface area contributed by atoms with E-state index in [-0.39, 0.29) is 0 Å². The first-order valence-corrected chi connectivity index (χ1v) is 8.85. The minimum atomic E-state index is 0.350. The van der Waals surface area contributed by atoms with E-state index in [0.29, 0.717) is 39.2 Å². The molecule has 0 fully saturated rings. The first-order valence-electron chi connectivity index (χ1n) is 8.06. The Bertz CT molecular complexity index is 966. The lowest BCUT2D eigenvalue weighted by Crippen LogP contribution is -2.01. The molecule has 0 saturated heterocycles. The lowest BCUT2D eigenvalue weighted by Gasteiger charge is -2.14. The molecule has 0 spiro atoms. The van der Waals surface area contributed by atoms with Crippen LogP contribution < -0.4 is 25.3 Å². The number of methoxy groups -OCH3 is 2. The van der Waals surface area contributed by atoms with E-state index in [1.165, 1.54) is 0 Å². The summed E-state index contributed by atoms with van der Waals surface area (Å²) in [7, 11) is 3.20. The van der Waals surface area contributed by atoms with E-state index in [1.54, 1.807) is 32.5 Å². The number of nitrogen functional groups attached to an aromatic ring is 1. The van der Waals surface area contributed by atoms with Crippen molar-refractivity contribution >= 4 is 33.3 Å². The Morgan fingerprint density at radius 2 is 1.85 bits per heavy atom. The number of hydrogen-bond donors (Lipinski definition) is 2. The van der Waals surface area contributed by atoms with Gasteiger partial charge in [-0.3, -0.25) is 0 Å². The van der Waals surface area contributed by atoms with E-state index in [9.17, 15) is 0 Å². The fourth-order valence-corrected chi connectivity index (χ4v) is 2.79. The van der Waals surface area contributed by atoms with Crippen molar-refractivity contribution in [3.8, 4) is 23.1 Å². The van der Waals surface area contributed by atoms with Crippen molar-refractivity contribution in [1.82, 2.24) is 9.97 Å². The number of aryl methyl sites for hydroxylation is 1. The summed E-state index contributed by atoms with van der Waals surface area (Å²) >= 11 is 3.40. The Hall–Kier alpha value is -3.00. The molecule has 8 heteroatoms. The van der Waals surface area contributed by atoms with Crippen molar-refractivity contribution in [2.45, 2.75) is 6.92 Å². The molecular formula is C19H19BrN4O3. The number of anilines is 3. The third-order valence-corrected chi connectivity index (χ3v) is 4.30. The number of para-hydroxylation sites is 2. The molecule has 140 valence electrons. The molecule has 0 aliphatic rings. The average Bonchev–Trinajstić information content (AvgIpc) is 2.65. The zero-order valence-corrected chi connectivity index (χ0v) is 16.7. The van der Waals surface area contributed by atoms with Crippen LogP contribution in [0, 0.1) is 6.92 Å². The van der Waals surface area contributed by atoms with Crippen molar-refractivity contribution in [2.75, 3.05) is 25.3 Å². The molecule has 1 aromatic heterocycles. The average molecular weight is 431 g/mol. The van der Waals surface area contributed by atoms with Gasteiger partial charge in [0.25, 0.3) is 0 Å². The number of ether oxygens (including phenoxy) is 3. The van der Waals surface area contributed by atoms with Crippen LogP contribution in [0.3, 0.4) is 0 Å². The van der Waals surface area contributed by atoms with Crippen molar-refractivity contribution in [3.63, 3.8) is 0 Å². The molecule has 1 heterocycles. The summed E-state index contributed by atoms with van der Waals surface area (Å²) in [5.41, 5.74) is 8.14. The maximum absolute atomic E-state index is 5.93. The zero-order chi connectivity index (χ0) is 19.4. The number of nitrogens with two attached hydrogens (primary N) is 1. The van der Waals surface area contributed by atoms with Gasteiger partial charge in [0.05, 0.1) is 30.6 Å². The topological polar surface area (TPSA) is 91.5 Å². The van der Waals surface area contributed by atoms with Crippen molar-refractivity contribution in [2.24, 2.45) is 0 Å². The van der Waals surface area contributed by atoms with Gasteiger partial charge in [-0.25, -0.2) is 4.98 Å². The van der Waals surface area contributed by atoms with Gasteiger partial charge in [0.2, 0.25) is 11.8 Å². The van der Waals surface area contributed by atoms with Gasteiger partial charge < -0.3 is 25.3 Å². The second-order valence-electron chi connectivity index (χ2n) is 5.64. The van der Waals surface area contributed by atoms with Crippen LogP contribution in [0.15, 0.2) is 47.1 Å². The molecular weight excluding hydrogens is 412 g/mol. The highest BCUT2D eigenvalue weighted by Gasteiger charge is 2.12. The first kappa shape index (κ1) is 18.8. The van der Waals surface area contributed by atoms with Crippen LogP contribution in [0.25, 0.3) is 0 Å². The number of rotatable bonds is 6. The summed E-state index contributed by atoms with van der Waals surface area (Å²) in [5.74, 6) is 2.54. The molecule has 0 bridgehead atoms. The normalized spacial score (nSPS) is 10.4. The fourth-order valence-electron chi connectivity index (χ4n) is 2.52. The number of halogens is 1. The first-order chi connectivity index (χ1) is 13.0. The van der Waals surface area contributed by atoms with Gasteiger partial charge in [0, 0.05) is 11.8 Å². The fraction of sp³-hybridized carbons (Fsp3) is 0.158. The van der Waals surface area contributed by atoms with E-state index in [4.69, 9.17) is 19.9 Å². The predicted molar refractivity (Wildman–Crippen MR) is 108 cm³/mol. The Morgan fingerprint density at radius 1 is 1.07 bits per heavy atom.